The maximum atomic E-state index is 7.50. The molecule has 1 aromatic carbocycles. The van der Waals surface area contributed by atoms with E-state index in [4.69, 9.17) is 5.73 Å². The van der Waals surface area contributed by atoms with Gasteiger partial charge in [-0.2, -0.15) is 0 Å². The molecule has 1 N–H and O–H groups in total. The van der Waals surface area contributed by atoms with Gasteiger partial charge in [0.05, 0.1) is 5.52 Å². The molecule has 1 aromatic heterocycles. The average molecular weight is 368 g/mol. The molecule has 2 nitrogen and oxygen atoms in total. The van der Waals surface area contributed by atoms with Crippen molar-refractivity contribution in [2.75, 3.05) is 0 Å². The monoisotopic (exact) mass is 368 g/mol. The first-order chi connectivity index (χ1) is 5.38. The molecule has 0 unspecified atom stereocenters. The number of nitrogens with zero attached hydrogens (tertiary/aromatic N) is 1. The summed E-state index contributed by atoms with van der Waals surface area (Å²) in [6.07, 6.45) is 1.71. The normalized spacial score (nSPS) is 8.00. The zero-order chi connectivity index (χ0) is 7.68. The predicted octanol–water partition coefficient (Wildman–Crippen LogP) is 3.82. The number of para-hydroxylation sites is 1. The third-order valence-electron chi connectivity index (χ3n) is 1.63. The van der Waals surface area contributed by atoms with Crippen molar-refractivity contribution in [3.63, 3.8) is 0 Å². The smallest absolute Gasteiger partial charge is 0.0551 e. The van der Waals surface area contributed by atoms with Gasteiger partial charge < -0.3 is 20.6 Å². The van der Waals surface area contributed by atoms with Crippen LogP contribution in [0.3, 0.4) is 0 Å². The van der Waals surface area contributed by atoms with Gasteiger partial charge in [0.25, 0.3) is 0 Å². The Morgan fingerprint density at radius 3 is 2.29 bits per heavy atom. The summed E-state index contributed by atoms with van der Waals surface area (Å²) in [5.74, 6) is 0. The molecule has 0 aliphatic carbocycles. The van der Waals surface area contributed by atoms with Crippen molar-refractivity contribution in [1.82, 2.24) is 4.98 Å². The predicted molar refractivity (Wildman–Crippen MR) is 58.6 cm³/mol. The number of rotatable bonds is 0. The first-order valence-electron chi connectivity index (χ1n) is 3.43. The van der Waals surface area contributed by atoms with E-state index in [1.54, 1.807) is 12.3 Å². The molecule has 0 radical (unpaired) electrons. The molecule has 0 aliphatic heterocycles. The van der Waals surface area contributed by atoms with E-state index in [0.29, 0.717) is 5.69 Å². The maximum absolute atomic E-state index is 7.50. The fourth-order valence-electron chi connectivity index (χ4n) is 1.10. The Hall–Kier alpha value is -0.882. The average Bonchev–Trinajstić information content (AvgIpc) is 2.06. The van der Waals surface area contributed by atoms with Crippen LogP contribution < -0.4 is 0 Å². The van der Waals surface area contributed by atoms with E-state index in [1.807, 2.05) is 24.3 Å². The first-order valence-corrected chi connectivity index (χ1v) is 3.43. The molecular weight excluding hydrogens is 355 g/mol. The number of nitrogens with one attached hydrogen (secondary N) is 1. The Labute approximate surface area is 99.8 Å². The standard InChI is InChI=1S/C9H7N2.2CH3.Pt/c10-8-5-1-3-7-4-2-6-11-9(7)8;;;/h1-6,10H;2*1H3;/q3*-1;. The summed E-state index contributed by atoms with van der Waals surface area (Å²) < 4.78 is 0. The third-order valence-corrected chi connectivity index (χ3v) is 1.63. The van der Waals surface area contributed by atoms with Crippen molar-refractivity contribution in [3.05, 3.63) is 57.1 Å². The van der Waals surface area contributed by atoms with Crippen LogP contribution in [0, 0.1) is 14.9 Å². The molecule has 2 aromatic rings. The van der Waals surface area contributed by atoms with Gasteiger partial charge in [-0.3, -0.25) is 4.98 Å². The second-order valence-corrected chi connectivity index (χ2v) is 2.38. The second-order valence-electron chi connectivity index (χ2n) is 2.38. The van der Waals surface area contributed by atoms with Crippen LogP contribution in [0.4, 0.5) is 5.69 Å². The van der Waals surface area contributed by atoms with E-state index in [0.717, 1.165) is 10.9 Å². The summed E-state index contributed by atoms with van der Waals surface area (Å²) in [5, 5.41) is 1.03. The summed E-state index contributed by atoms with van der Waals surface area (Å²) in [4.78, 5) is 4.09. The zero-order valence-electron chi connectivity index (χ0n) is 8.23. The summed E-state index contributed by atoms with van der Waals surface area (Å²) in [6, 6.07) is 9.41. The second kappa shape index (κ2) is 6.55. The minimum absolute atomic E-state index is 0. The maximum Gasteiger partial charge on any atom is 0.0551 e. The summed E-state index contributed by atoms with van der Waals surface area (Å²) in [6.45, 7) is 0. The van der Waals surface area contributed by atoms with E-state index in [-0.39, 0.29) is 35.9 Å². The van der Waals surface area contributed by atoms with Gasteiger partial charge in [0.1, 0.15) is 0 Å². The summed E-state index contributed by atoms with van der Waals surface area (Å²) in [7, 11) is 0. The molecule has 0 fully saturated rings. The molecule has 0 spiro atoms. The molecular formula is C11H13N2Pt-3. The Morgan fingerprint density at radius 1 is 1.00 bits per heavy atom. The van der Waals surface area contributed by atoms with Gasteiger partial charge in [-0.1, -0.05) is 24.3 Å². The quantitative estimate of drug-likeness (QED) is 0.652. The van der Waals surface area contributed by atoms with E-state index in [9.17, 15) is 0 Å². The van der Waals surface area contributed by atoms with Crippen LogP contribution >= 0.6 is 0 Å². The molecule has 2 rings (SSSR count). The van der Waals surface area contributed by atoms with Gasteiger partial charge in [0.2, 0.25) is 0 Å². The Morgan fingerprint density at radius 2 is 1.64 bits per heavy atom. The van der Waals surface area contributed by atoms with Crippen LogP contribution in [0.15, 0.2) is 36.5 Å². The summed E-state index contributed by atoms with van der Waals surface area (Å²) in [5.41, 5.74) is 8.76. The van der Waals surface area contributed by atoms with Gasteiger partial charge in [-0.15, -0.1) is 5.69 Å². The van der Waals surface area contributed by atoms with Crippen LogP contribution in [0.25, 0.3) is 16.6 Å². The van der Waals surface area contributed by atoms with Crippen LogP contribution in [-0.4, -0.2) is 4.98 Å². The molecule has 0 amide bonds. The first kappa shape index (κ1) is 15.6. The molecule has 0 saturated carbocycles. The number of hydrogen-bond acceptors (Lipinski definition) is 1. The molecule has 0 bridgehead atoms. The molecule has 0 atom stereocenters. The fourth-order valence-corrected chi connectivity index (χ4v) is 1.10. The van der Waals surface area contributed by atoms with Crippen molar-refractivity contribution < 1.29 is 21.1 Å². The molecule has 80 valence electrons. The molecule has 0 saturated heterocycles. The van der Waals surface area contributed by atoms with Crippen molar-refractivity contribution in [2.45, 2.75) is 0 Å². The van der Waals surface area contributed by atoms with Gasteiger partial charge in [0.15, 0.2) is 0 Å². The molecule has 14 heavy (non-hydrogen) atoms. The van der Waals surface area contributed by atoms with Crippen LogP contribution in [-0.2, 0) is 21.1 Å². The SMILES string of the molecule is [CH3-].[CH3-].[NH-]c1cccc2cccnc12.[Pt]. The Kier molecular flexibility index (Phi) is 7.30. The van der Waals surface area contributed by atoms with Gasteiger partial charge in [-0.25, -0.2) is 0 Å². The van der Waals surface area contributed by atoms with Gasteiger partial charge in [-0.05, 0) is 11.5 Å². The molecule has 1 heterocycles. The summed E-state index contributed by atoms with van der Waals surface area (Å²) >= 11 is 0. The van der Waals surface area contributed by atoms with Crippen molar-refractivity contribution in [3.8, 4) is 0 Å². The zero-order valence-corrected chi connectivity index (χ0v) is 10.5. The van der Waals surface area contributed by atoms with Gasteiger partial charge >= 0.3 is 0 Å². The number of fused-ring (bicyclic) bond motifs is 1. The number of pyridine rings is 1. The topological polar surface area (TPSA) is 36.7 Å². The van der Waals surface area contributed by atoms with E-state index in [2.05, 4.69) is 4.98 Å². The Balaban J connectivity index is 0. The van der Waals surface area contributed by atoms with Crippen molar-refractivity contribution in [2.24, 2.45) is 0 Å². The minimum atomic E-state index is 0. The van der Waals surface area contributed by atoms with Crippen LogP contribution in [0.1, 0.15) is 0 Å². The van der Waals surface area contributed by atoms with E-state index in [1.165, 1.54) is 0 Å². The van der Waals surface area contributed by atoms with Crippen LogP contribution in [0.2, 0.25) is 0 Å². The van der Waals surface area contributed by atoms with E-state index >= 15 is 0 Å². The number of aromatic nitrogens is 1. The Bertz CT molecular complexity index is 382. The van der Waals surface area contributed by atoms with E-state index < -0.39 is 0 Å². The number of hydrogen-bond donors (Lipinski definition) is 0. The number of benzene rings is 1. The molecule has 0 aliphatic rings. The largest absolute Gasteiger partial charge is 0.697 e. The minimum Gasteiger partial charge on any atom is -0.697 e. The molecule has 3 heteroatoms. The van der Waals surface area contributed by atoms with Crippen molar-refractivity contribution in [1.29, 1.82) is 0 Å². The van der Waals surface area contributed by atoms with Crippen LogP contribution in [0.5, 0.6) is 0 Å². The third kappa shape index (κ3) is 2.81. The van der Waals surface area contributed by atoms with Gasteiger partial charge in [0, 0.05) is 27.3 Å². The fraction of sp³-hybridized carbons (Fsp3) is 0. The van der Waals surface area contributed by atoms with Crippen molar-refractivity contribution >= 4 is 16.6 Å².